The van der Waals surface area contributed by atoms with Gasteiger partial charge in [0.1, 0.15) is 10.3 Å². The van der Waals surface area contributed by atoms with Gasteiger partial charge in [-0.1, -0.05) is 37.1 Å². The minimum Gasteiger partial charge on any atom is -0.598 e. The van der Waals surface area contributed by atoms with Crippen LogP contribution in [0.5, 0.6) is 0 Å². The van der Waals surface area contributed by atoms with E-state index in [0.717, 1.165) is 38.5 Å². The number of fused-ring (bicyclic) bond motifs is 1. The number of hydrogen-bond donors (Lipinski definition) is 1. The van der Waals surface area contributed by atoms with Crippen LogP contribution in [0.1, 0.15) is 105 Å². The molecule has 0 spiro atoms. The van der Waals surface area contributed by atoms with E-state index in [-0.39, 0.29) is 16.3 Å². The molecular formula is C26H43NO3S. The lowest BCUT2D eigenvalue weighted by atomic mass is 9.79. The van der Waals surface area contributed by atoms with Crippen molar-refractivity contribution in [3.05, 3.63) is 35.4 Å². The van der Waals surface area contributed by atoms with Crippen molar-refractivity contribution in [1.82, 2.24) is 4.72 Å². The van der Waals surface area contributed by atoms with Crippen LogP contribution in [0.3, 0.4) is 0 Å². The van der Waals surface area contributed by atoms with E-state index < -0.39 is 17.0 Å². The number of hydrogen-bond acceptors (Lipinski definition) is 4. The number of ether oxygens (including phenoxy) is 1. The fourth-order valence-electron chi connectivity index (χ4n) is 4.26. The number of nitrogens with one attached hydrogen (secondary N) is 1. The summed E-state index contributed by atoms with van der Waals surface area (Å²) in [6, 6.07) is 8.61. The second-order valence-electron chi connectivity index (χ2n) is 11.2. The van der Waals surface area contributed by atoms with Gasteiger partial charge < -0.3 is 9.29 Å². The van der Waals surface area contributed by atoms with Gasteiger partial charge in [0.2, 0.25) is 0 Å². The van der Waals surface area contributed by atoms with Gasteiger partial charge in [-0.3, -0.25) is 4.79 Å². The van der Waals surface area contributed by atoms with Crippen LogP contribution in [-0.2, 0) is 32.9 Å². The van der Waals surface area contributed by atoms with E-state index in [9.17, 15) is 9.35 Å². The third-order valence-electron chi connectivity index (χ3n) is 6.02. The van der Waals surface area contributed by atoms with Crippen molar-refractivity contribution in [1.29, 1.82) is 0 Å². The Morgan fingerprint density at radius 2 is 1.84 bits per heavy atom. The van der Waals surface area contributed by atoms with Crippen LogP contribution in [0.25, 0.3) is 0 Å². The highest BCUT2D eigenvalue weighted by atomic mass is 32.2. The zero-order chi connectivity index (χ0) is 23.3. The Morgan fingerprint density at radius 1 is 1.16 bits per heavy atom. The van der Waals surface area contributed by atoms with E-state index in [1.165, 1.54) is 17.5 Å². The van der Waals surface area contributed by atoms with Crippen LogP contribution in [-0.4, -0.2) is 20.9 Å². The smallest absolute Gasteiger partial charge is 0.306 e. The van der Waals surface area contributed by atoms with Crippen molar-refractivity contribution in [2.45, 2.75) is 116 Å². The summed E-state index contributed by atoms with van der Waals surface area (Å²) in [6.07, 6.45) is 7.69. The van der Waals surface area contributed by atoms with E-state index in [4.69, 9.17) is 4.74 Å². The van der Waals surface area contributed by atoms with Crippen molar-refractivity contribution < 1.29 is 14.1 Å². The number of carbonyl (C=O) groups excluding carboxylic acids is 1. The summed E-state index contributed by atoms with van der Waals surface area (Å²) in [5.74, 6) is 0.367. The molecule has 0 heterocycles. The van der Waals surface area contributed by atoms with E-state index in [1.54, 1.807) is 0 Å². The van der Waals surface area contributed by atoms with Gasteiger partial charge >= 0.3 is 5.97 Å². The van der Waals surface area contributed by atoms with Crippen LogP contribution in [0.4, 0.5) is 0 Å². The topological polar surface area (TPSA) is 61.4 Å². The summed E-state index contributed by atoms with van der Waals surface area (Å²) in [6.45, 7) is 14.0. The molecule has 5 heteroatoms. The first kappa shape index (κ1) is 26.2. The van der Waals surface area contributed by atoms with Crippen molar-refractivity contribution in [2.24, 2.45) is 5.92 Å². The summed E-state index contributed by atoms with van der Waals surface area (Å²) < 4.78 is 21.8. The molecule has 2 unspecified atom stereocenters. The first-order chi connectivity index (χ1) is 14.3. The molecular weight excluding hydrogens is 406 g/mol. The molecule has 1 aromatic rings. The molecule has 31 heavy (non-hydrogen) atoms. The first-order valence-electron chi connectivity index (χ1n) is 11.8. The Hall–Kier alpha value is -1.04. The van der Waals surface area contributed by atoms with Crippen LogP contribution in [0, 0.1) is 5.92 Å². The zero-order valence-electron chi connectivity index (χ0n) is 20.7. The molecule has 0 saturated heterocycles. The molecule has 176 valence electrons. The Morgan fingerprint density at radius 3 is 2.48 bits per heavy atom. The van der Waals surface area contributed by atoms with E-state index in [1.807, 2.05) is 41.5 Å². The van der Waals surface area contributed by atoms with Gasteiger partial charge in [-0.05, 0) is 97.6 Å². The Labute approximate surface area is 193 Å². The third kappa shape index (κ3) is 8.43. The third-order valence-corrected chi connectivity index (χ3v) is 7.77. The van der Waals surface area contributed by atoms with Crippen molar-refractivity contribution in [3.63, 3.8) is 0 Å². The Kier molecular flexibility index (Phi) is 9.06. The minimum atomic E-state index is -1.16. The summed E-state index contributed by atoms with van der Waals surface area (Å²) >= 11 is -1.16. The fraction of sp³-hybridized carbons (Fsp3) is 0.731. The predicted molar refractivity (Wildman–Crippen MR) is 130 cm³/mol. The molecule has 0 fully saturated rings. The van der Waals surface area contributed by atoms with E-state index in [2.05, 4.69) is 35.9 Å². The molecule has 1 aliphatic rings. The van der Waals surface area contributed by atoms with Gasteiger partial charge in [0.15, 0.2) is 0 Å². The highest BCUT2D eigenvalue weighted by Gasteiger charge is 2.38. The molecule has 1 aromatic carbocycles. The molecule has 0 bridgehead atoms. The monoisotopic (exact) mass is 449 g/mol. The van der Waals surface area contributed by atoms with Gasteiger partial charge in [0.05, 0.1) is 5.54 Å². The van der Waals surface area contributed by atoms with Crippen LogP contribution in [0.15, 0.2) is 24.3 Å². The lowest BCUT2D eigenvalue weighted by Crippen LogP contribution is -2.50. The van der Waals surface area contributed by atoms with Crippen LogP contribution in [0.2, 0.25) is 0 Å². The van der Waals surface area contributed by atoms with Gasteiger partial charge in [-0.15, -0.1) is 4.72 Å². The fourth-order valence-corrected chi connectivity index (χ4v) is 5.19. The maximum atomic E-state index is 13.1. The van der Waals surface area contributed by atoms with Crippen molar-refractivity contribution >= 4 is 17.3 Å². The Bertz CT molecular complexity index is 722. The number of aryl methyl sites for hydroxylation is 1. The van der Waals surface area contributed by atoms with E-state index >= 15 is 0 Å². The second kappa shape index (κ2) is 10.7. The molecule has 1 N–H and O–H groups in total. The molecule has 0 amide bonds. The second-order valence-corrected chi connectivity index (χ2v) is 13.2. The van der Waals surface area contributed by atoms with Crippen LogP contribution >= 0.6 is 0 Å². The minimum absolute atomic E-state index is 0.107. The summed E-state index contributed by atoms with van der Waals surface area (Å²) in [4.78, 5) is 12.3. The number of rotatable bonds is 5. The first-order valence-corrected chi connectivity index (χ1v) is 12.9. The molecule has 3 atom stereocenters. The quantitative estimate of drug-likeness (QED) is 0.429. The molecule has 0 aromatic heterocycles. The van der Waals surface area contributed by atoms with Gasteiger partial charge in [0.25, 0.3) is 0 Å². The Balaban J connectivity index is 2.18. The predicted octanol–water partition coefficient (Wildman–Crippen LogP) is 6.20. The van der Waals surface area contributed by atoms with Crippen LogP contribution < -0.4 is 4.72 Å². The average Bonchev–Trinajstić information content (AvgIpc) is 2.64. The van der Waals surface area contributed by atoms with Crippen molar-refractivity contribution in [3.8, 4) is 0 Å². The highest BCUT2D eigenvalue weighted by molar-refractivity contribution is 7.90. The molecule has 1 aliphatic carbocycles. The number of carbonyl (C=O) groups is 1. The standard InChI is InChI=1S/C26H43NO3S/c1-24(2,3)30-23(28)17-16-20-12-8-9-13-21-14-10-11-15-22(21)26(7,19-18-20)27-31(29)25(4,5)6/h10-11,14-15,20,27H,8-9,12-13,16-19H2,1-7H3/t20?,26-,31?/m0/s1. The van der Waals surface area contributed by atoms with Gasteiger partial charge in [0, 0.05) is 17.8 Å². The molecule has 0 saturated carbocycles. The summed E-state index contributed by atoms with van der Waals surface area (Å²) in [5.41, 5.74) is 1.82. The lowest BCUT2D eigenvalue weighted by Gasteiger charge is -2.38. The highest BCUT2D eigenvalue weighted by Crippen LogP contribution is 2.36. The molecule has 0 radical (unpaired) electrons. The molecule has 2 rings (SSSR count). The maximum Gasteiger partial charge on any atom is 0.306 e. The van der Waals surface area contributed by atoms with Crippen molar-refractivity contribution in [2.75, 3.05) is 0 Å². The number of benzene rings is 1. The average molecular weight is 450 g/mol. The number of esters is 1. The SMILES string of the molecule is CC(C)(C)OC(=O)CCC1CCCCc2ccccc2[C@@](C)(N[S+]([O-])C(C)(C)C)CC1. The summed E-state index contributed by atoms with van der Waals surface area (Å²) in [5, 5.41) is 0. The molecule has 0 aliphatic heterocycles. The normalized spacial score (nSPS) is 24.2. The summed E-state index contributed by atoms with van der Waals surface area (Å²) in [7, 11) is 0. The maximum absolute atomic E-state index is 13.1. The van der Waals surface area contributed by atoms with E-state index in [0.29, 0.717) is 12.3 Å². The largest absolute Gasteiger partial charge is 0.598 e. The lowest BCUT2D eigenvalue weighted by molar-refractivity contribution is -0.155. The zero-order valence-corrected chi connectivity index (χ0v) is 21.5. The molecule has 4 nitrogen and oxygen atoms in total. The van der Waals surface area contributed by atoms with Gasteiger partial charge in [-0.25, -0.2) is 0 Å². The van der Waals surface area contributed by atoms with Gasteiger partial charge in [-0.2, -0.15) is 0 Å².